The molecular weight excluding hydrogens is 1810 g/mol. The average molecular weight is 1950 g/mol. The van der Waals surface area contributed by atoms with Gasteiger partial charge in [0.1, 0.15) is 63.3 Å². The number of piperidine rings is 1. The first-order valence-corrected chi connectivity index (χ1v) is 48.7. The molecule has 4 aliphatic rings. The largest absolute Gasteiger partial charge is 0.550 e. The summed E-state index contributed by atoms with van der Waals surface area (Å²) in [5.41, 5.74) is 3.81. The second-order valence-electron chi connectivity index (χ2n) is 33.7. The molecule has 0 aliphatic carbocycles. The number of halogens is 4. The van der Waals surface area contributed by atoms with E-state index in [-0.39, 0.29) is 95.4 Å². The predicted octanol–water partition coefficient (Wildman–Crippen LogP) is 17.3. The lowest BCUT2D eigenvalue weighted by Gasteiger charge is -2.35. The van der Waals surface area contributed by atoms with Gasteiger partial charge in [-0.3, -0.25) is 43.2 Å². The quantitative estimate of drug-likeness (QED) is 0.0210. The van der Waals surface area contributed by atoms with Crippen molar-refractivity contribution in [2.24, 2.45) is 0 Å². The normalized spacial score (nSPS) is 17.0. The Morgan fingerprint density at radius 2 is 0.813 bits per heavy atom. The number of carbonyl (C=O) groups is 10. The zero-order valence-electron chi connectivity index (χ0n) is 78.4. The molecule has 10 rings (SSSR count). The van der Waals surface area contributed by atoms with Crippen LogP contribution in [0.5, 0.6) is 11.5 Å². The first-order valence-electron chi connectivity index (χ1n) is 47.2. The Morgan fingerprint density at radius 1 is 0.448 bits per heavy atom. The van der Waals surface area contributed by atoms with Crippen LogP contribution in [0.2, 0.25) is 20.1 Å². The van der Waals surface area contributed by atoms with E-state index >= 15 is 0 Å². The maximum atomic E-state index is 11.9. The molecule has 4 fully saturated rings. The number of nitrogens with zero attached hydrogens (tertiary/aromatic N) is 7. The van der Waals surface area contributed by atoms with Crippen molar-refractivity contribution < 1.29 is 115 Å². The molecule has 1 N–H and O–H groups in total. The molecule has 0 bridgehead atoms. The van der Waals surface area contributed by atoms with E-state index in [0.717, 1.165) is 198 Å². The highest BCUT2D eigenvalue weighted by molar-refractivity contribution is 6.35. The molecule has 4 saturated heterocycles. The van der Waals surface area contributed by atoms with Gasteiger partial charge in [-0.2, -0.15) is 0 Å². The van der Waals surface area contributed by atoms with Crippen LogP contribution in [-0.2, 0) is 120 Å². The van der Waals surface area contributed by atoms with E-state index in [9.17, 15) is 53.1 Å². The van der Waals surface area contributed by atoms with Crippen LogP contribution in [0.25, 0.3) is 0 Å². The molecule has 4 aromatic carbocycles. The minimum absolute atomic E-state index is 0.129. The van der Waals surface area contributed by atoms with Crippen molar-refractivity contribution in [3.63, 3.8) is 0 Å². The molecule has 2 aromatic heterocycles. The van der Waals surface area contributed by atoms with E-state index < -0.39 is 78.0 Å². The maximum absolute atomic E-state index is 11.9. The van der Waals surface area contributed by atoms with Gasteiger partial charge in [-0.15, -0.1) is 0 Å². The van der Waals surface area contributed by atoms with Crippen LogP contribution in [0.4, 0.5) is 5.69 Å². The van der Waals surface area contributed by atoms with Crippen LogP contribution in [0.15, 0.2) is 122 Å². The van der Waals surface area contributed by atoms with Crippen LogP contribution in [-0.4, -0.2) is 210 Å². The number of benzene rings is 4. The summed E-state index contributed by atoms with van der Waals surface area (Å²) in [6, 6.07) is 26.8. The lowest BCUT2D eigenvalue weighted by Crippen LogP contribution is -2.48. The topological polar surface area (TPSA) is 370 Å². The molecule has 2 amide bonds. The number of amides is 2. The Hall–Kier alpha value is -9.60. The smallest absolute Gasteiger partial charge is 0.306 e. The average Bonchev–Trinajstić information content (AvgIpc) is 1.62. The van der Waals surface area contributed by atoms with Crippen molar-refractivity contribution in [3.05, 3.63) is 159 Å². The van der Waals surface area contributed by atoms with Gasteiger partial charge in [0.2, 0.25) is 23.4 Å². The molecule has 0 radical (unpaired) electrons. The van der Waals surface area contributed by atoms with Crippen LogP contribution in [0, 0.1) is 0 Å². The van der Waals surface area contributed by atoms with E-state index in [0.29, 0.717) is 76.7 Å². The van der Waals surface area contributed by atoms with Crippen molar-refractivity contribution in [2.75, 3.05) is 97.0 Å². The molecule has 134 heavy (non-hydrogen) atoms. The van der Waals surface area contributed by atoms with Crippen molar-refractivity contribution in [3.8, 4) is 11.5 Å². The number of carbonyl (C=O) groups excluding carboxylic acids is 9. The number of hydrogen-bond donors (Lipinski definition) is 1. The summed E-state index contributed by atoms with van der Waals surface area (Å²) in [5.74, 6) is -5.48. The first kappa shape index (κ1) is 111. The van der Waals surface area contributed by atoms with E-state index in [1.807, 2.05) is 79.9 Å². The van der Waals surface area contributed by atoms with Gasteiger partial charge in [-0.1, -0.05) is 201 Å². The zero-order chi connectivity index (χ0) is 96.9. The third-order valence-corrected chi connectivity index (χ3v) is 23.8. The minimum atomic E-state index is -1.36. The lowest BCUT2D eigenvalue weighted by molar-refractivity contribution is -0.305. The summed E-state index contributed by atoms with van der Waals surface area (Å²) < 4.78 is 72.2. The number of anilines is 1. The van der Waals surface area contributed by atoms with Gasteiger partial charge in [0.15, 0.2) is 12.2 Å². The summed E-state index contributed by atoms with van der Waals surface area (Å²) >= 11 is 25.3. The molecule has 6 heterocycles. The predicted molar refractivity (Wildman–Crippen MR) is 503 cm³/mol. The van der Waals surface area contributed by atoms with Crippen LogP contribution in [0.3, 0.4) is 0 Å². The first-order chi connectivity index (χ1) is 64.6. The van der Waals surface area contributed by atoms with Gasteiger partial charge < -0.3 is 95.7 Å². The maximum Gasteiger partial charge on any atom is 0.306 e. The van der Waals surface area contributed by atoms with E-state index in [1.165, 1.54) is 5.56 Å². The Morgan fingerprint density at radius 3 is 1.16 bits per heavy atom. The molecule has 4 unspecified atom stereocenters. The number of hydrogen-bond acceptors (Lipinski definition) is 26. The Balaban J connectivity index is 0.000000245. The number of imidazole rings is 2. The Bertz CT molecular complexity index is 4140. The van der Waals surface area contributed by atoms with Gasteiger partial charge in [-0.25, -0.2) is 9.97 Å². The highest BCUT2D eigenvalue weighted by atomic mass is 35.5. The molecule has 35 heteroatoms. The lowest BCUT2D eigenvalue weighted by atomic mass is 9.89. The van der Waals surface area contributed by atoms with E-state index in [4.69, 9.17) is 108 Å². The van der Waals surface area contributed by atoms with Gasteiger partial charge in [0, 0.05) is 136 Å². The van der Waals surface area contributed by atoms with Crippen molar-refractivity contribution in [1.82, 2.24) is 28.9 Å². The standard InChI is InChI=1S/C27H29Cl2N3O4.C26H28Cl2N4O4.2C23H40O8/c1-19(33)32-11-8-21(9-12-32)20-2-5-23(6-3-20)34-15-24-16-35-27(36-24,17-31-13-10-30-18-31)25-7-4-22(28)14-26(25)29;1-19(33)31-10-12-32(13-11-31)21-3-5-22(6-4-21)34-15-23-16-35-26(36-23,17-30-9-8-29-18-30)24-7-2-20(27)14-25(24)28;2*1-3-5-7-9-11-13-21(26)29-17-19(31-23(28)16-15-20(24)25)18-30-22(27)14-12-10-8-6-4-2/h2-7,10,13-14,18,21,24H,8-9,11-12,15-17H2,1H3;2-9,14,18,23H,10-13,15-17H2,1H3;2*19H,3-18H2,1-2H3,(H,24,25)/p-1. The molecule has 0 spiro atoms. The van der Waals surface area contributed by atoms with Crippen molar-refractivity contribution in [1.29, 1.82) is 0 Å². The zero-order valence-corrected chi connectivity index (χ0v) is 81.5. The molecular formula is C99H136Cl4N7O24-. The van der Waals surface area contributed by atoms with Gasteiger partial charge in [-0.05, 0) is 117 Å². The Labute approximate surface area is 807 Å². The number of piperazine rings is 1. The minimum Gasteiger partial charge on any atom is -0.550 e. The van der Waals surface area contributed by atoms with Gasteiger partial charge in [0.05, 0.1) is 68.3 Å². The molecule has 31 nitrogen and oxygen atoms in total. The Kier molecular flexibility index (Phi) is 51.7. The summed E-state index contributed by atoms with van der Waals surface area (Å²) in [5, 5.41) is 21.2. The number of carboxylic acids is 2. The number of rotatable bonds is 54. The fourth-order valence-electron chi connectivity index (χ4n) is 15.2. The molecule has 740 valence electrons. The van der Waals surface area contributed by atoms with Crippen LogP contribution < -0.4 is 19.5 Å². The van der Waals surface area contributed by atoms with Crippen molar-refractivity contribution >= 4 is 112 Å². The number of aliphatic carboxylic acids is 2. The number of likely N-dealkylation sites (tertiary alicyclic amines) is 1. The van der Waals surface area contributed by atoms with Crippen molar-refractivity contribution in [2.45, 2.75) is 289 Å². The molecule has 4 atom stereocenters. The fourth-order valence-corrected chi connectivity index (χ4v) is 16.3. The number of carboxylic acid groups (broad SMARTS) is 2. The SMILES string of the molecule is CC(=O)N1CCC(c2ccc(OCC3COC(Cn4ccnc4)(c4ccc(Cl)cc4Cl)O3)cc2)CC1.CC(=O)N1CCN(c2ccc(OCC3COC(Cn4ccnc4)(c4ccc(Cl)cc4Cl)O3)cc2)CC1.CCCCCCCC(=O)OCC(COC(=O)CCCCCCC)OC(=O)CCC(=O)O.CCCCCCCC(=O)OCC(COC(=O)CCCCCCC)OC(=O)CCC(=O)[O-]. The molecule has 4 aliphatic heterocycles. The number of aromatic nitrogens is 4. The fraction of sp³-hybridized carbons (Fsp3) is 0.596. The van der Waals surface area contributed by atoms with Crippen LogP contribution in [0.1, 0.15) is 257 Å². The second-order valence-corrected chi connectivity index (χ2v) is 35.3. The molecule has 6 aromatic rings. The number of unbranched alkanes of at least 4 members (excludes halogenated alkanes) is 16. The number of esters is 6. The highest BCUT2D eigenvalue weighted by Gasteiger charge is 2.47. The van der Waals surface area contributed by atoms with E-state index in [2.05, 4.69) is 54.7 Å². The summed E-state index contributed by atoms with van der Waals surface area (Å²) in [6.45, 7) is 17.7. The summed E-state index contributed by atoms with van der Waals surface area (Å²) in [4.78, 5) is 130. The highest BCUT2D eigenvalue weighted by Crippen LogP contribution is 2.43. The summed E-state index contributed by atoms with van der Waals surface area (Å²) in [7, 11) is 0. The number of ether oxygens (including phenoxy) is 12. The monoisotopic (exact) mass is 1950 g/mol. The molecule has 0 saturated carbocycles. The third-order valence-electron chi connectivity index (χ3n) is 22.7. The van der Waals surface area contributed by atoms with Crippen LogP contribution >= 0.6 is 46.4 Å². The summed E-state index contributed by atoms with van der Waals surface area (Å²) in [6.07, 6.45) is 29.6. The van der Waals surface area contributed by atoms with Gasteiger partial charge >= 0.3 is 41.8 Å². The second kappa shape index (κ2) is 62.2. The van der Waals surface area contributed by atoms with E-state index in [1.54, 1.807) is 63.2 Å². The third kappa shape index (κ3) is 42.3. The van der Waals surface area contributed by atoms with Gasteiger partial charge in [0.25, 0.3) is 0 Å².